The van der Waals surface area contributed by atoms with E-state index >= 15 is 0 Å². The Hall–Kier alpha value is -1.62. The SMILES string of the molecule is C[C@@H]1CN[C@@H](C)c2cccc([N+](=O)[O-])c2N1. The number of nitro groups is 1. The third kappa shape index (κ3) is 1.86. The molecule has 1 aliphatic heterocycles. The first-order valence-electron chi connectivity index (χ1n) is 5.37. The molecule has 0 aromatic heterocycles. The monoisotopic (exact) mass is 221 g/mol. The first-order valence-corrected chi connectivity index (χ1v) is 5.37. The molecular formula is C11H15N3O2. The van der Waals surface area contributed by atoms with Crippen LogP contribution in [0.2, 0.25) is 0 Å². The van der Waals surface area contributed by atoms with Crippen LogP contribution in [0.15, 0.2) is 18.2 Å². The van der Waals surface area contributed by atoms with E-state index in [4.69, 9.17) is 0 Å². The Balaban J connectivity index is 2.54. The molecule has 0 fully saturated rings. The minimum absolute atomic E-state index is 0.132. The van der Waals surface area contributed by atoms with E-state index in [1.54, 1.807) is 6.07 Å². The molecule has 2 atom stereocenters. The molecule has 1 aliphatic rings. The Labute approximate surface area is 94.0 Å². The molecule has 5 nitrogen and oxygen atoms in total. The van der Waals surface area contributed by atoms with Gasteiger partial charge >= 0.3 is 0 Å². The molecule has 0 amide bonds. The second-order valence-corrected chi connectivity index (χ2v) is 4.17. The van der Waals surface area contributed by atoms with Gasteiger partial charge in [-0.3, -0.25) is 10.1 Å². The molecule has 0 saturated carbocycles. The van der Waals surface area contributed by atoms with Crippen molar-refractivity contribution in [3.8, 4) is 0 Å². The van der Waals surface area contributed by atoms with Gasteiger partial charge in [0.05, 0.1) is 4.92 Å². The zero-order valence-corrected chi connectivity index (χ0v) is 9.36. The van der Waals surface area contributed by atoms with Crippen LogP contribution in [0, 0.1) is 10.1 Å². The van der Waals surface area contributed by atoms with Gasteiger partial charge in [0.2, 0.25) is 0 Å². The number of nitrogens with one attached hydrogen (secondary N) is 2. The Morgan fingerprint density at radius 2 is 2.19 bits per heavy atom. The summed E-state index contributed by atoms with van der Waals surface area (Å²) in [7, 11) is 0. The largest absolute Gasteiger partial charge is 0.375 e. The van der Waals surface area contributed by atoms with Crippen LogP contribution < -0.4 is 10.6 Å². The molecule has 1 aromatic carbocycles. The standard InChI is InChI=1S/C11H15N3O2/c1-7-6-12-8(2)9-4-3-5-10(14(15)16)11(9)13-7/h3-5,7-8,12-13H,6H2,1-2H3/t7-,8+/m1/s1. The smallest absolute Gasteiger partial charge is 0.292 e. The summed E-state index contributed by atoms with van der Waals surface area (Å²) < 4.78 is 0. The van der Waals surface area contributed by atoms with Crippen LogP contribution in [0.5, 0.6) is 0 Å². The van der Waals surface area contributed by atoms with Crippen molar-refractivity contribution in [1.29, 1.82) is 0 Å². The molecule has 5 heteroatoms. The maximum absolute atomic E-state index is 10.9. The lowest BCUT2D eigenvalue weighted by atomic mass is 10.1. The van der Waals surface area contributed by atoms with Crippen molar-refractivity contribution < 1.29 is 4.92 Å². The number of rotatable bonds is 1. The number of hydrogen-bond donors (Lipinski definition) is 2. The van der Waals surface area contributed by atoms with Crippen LogP contribution in [-0.2, 0) is 0 Å². The highest BCUT2D eigenvalue weighted by molar-refractivity contribution is 5.68. The van der Waals surface area contributed by atoms with E-state index in [0.717, 1.165) is 12.1 Å². The zero-order chi connectivity index (χ0) is 11.7. The fraction of sp³-hybridized carbons (Fsp3) is 0.455. The second kappa shape index (κ2) is 4.09. The average Bonchev–Trinajstić information content (AvgIpc) is 2.38. The van der Waals surface area contributed by atoms with Crippen molar-refractivity contribution in [2.24, 2.45) is 0 Å². The Morgan fingerprint density at radius 1 is 1.44 bits per heavy atom. The summed E-state index contributed by atoms with van der Waals surface area (Å²) in [6, 6.07) is 5.51. The molecule has 2 N–H and O–H groups in total. The number of nitro benzene ring substituents is 1. The summed E-state index contributed by atoms with van der Waals surface area (Å²) in [4.78, 5) is 10.6. The highest BCUT2D eigenvalue weighted by Crippen LogP contribution is 2.33. The van der Waals surface area contributed by atoms with Gasteiger partial charge in [-0.25, -0.2) is 0 Å². The summed E-state index contributed by atoms with van der Waals surface area (Å²) in [5.74, 6) is 0. The van der Waals surface area contributed by atoms with Crippen LogP contribution in [0.4, 0.5) is 11.4 Å². The zero-order valence-electron chi connectivity index (χ0n) is 9.36. The van der Waals surface area contributed by atoms with Crippen molar-refractivity contribution in [3.05, 3.63) is 33.9 Å². The summed E-state index contributed by atoms with van der Waals surface area (Å²) in [6.45, 7) is 4.82. The van der Waals surface area contributed by atoms with Gasteiger partial charge in [0, 0.05) is 24.7 Å². The van der Waals surface area contributed by atoms with Crippen LogP contribution in [-0.4, -0.2) is 17.5 Å². The molecule has 0 spiro atoms. The first-order chi connectivity index (χ1) is 7.59. The Bertz CT molecular complexity index is 420. The number of benzene rings is 1. The third-order valence-electron chi connectivity index (χ3n) is 2.86. The lowest BCUT2D eigenvalue weighted by molar-refractivity contribution is -0.384. The van der Waals surface area contributed by atoms with E-state index in [-0.39, 0.29) is 22.7 Å². The maximum atomic E-state index is 10.9. The highest BCUT2D eigenvalue weighted by Gasteiger charge is 2.24. The Morgan fingerprint density at radius 3 is 2.88 bits per heavy atom. The molecule has 1 aromatic rings. The van der Waals surface area contributed by atoms with Gasteiger partial charge in [-0.05, 0) is 19.4 Å². The third-order valence-corrected chi connectivity index (χ3v) is 2.86. The molecule has 0 aliphatic carbocycles. The molecule has 1 heterocycles. The summed E-state index contributed by atoms with van der Waals surface area (Å²) in [5, 5.41) is 17.5. The number of para-hydroxylation sites is 1. The predicted octanol–water partition coefficient (Wildman–Crippen LogP) is 2.06. The predicted molar refractivity (Wildman–Crippen MR) is 62.6 cm³/mol. The van der Waals surface area contributed by atoms with Crippen molar-refractivity contribution in [2.75, 3.05) is 11.9 Å². The minimum atomic E-state index is -0.337. The van der Waals surface area contributed by atoms with E-state index in [0.29, 0.717) is 5.69 Å². The summed E-state index contributed by atoms with van der Waals surface area (Å²) in [5.41, 5.74) is 1.76. The summed E-state index contributed by atoms with van der Waals surface area (Å²) >= 11 is 0. The molecule has 16 heavy (non-hydrogen) atoms. The van der Waals surface area contributed by atoms with E-state index in [9.17, 15) is 10.1 Å². The van der Waals surface area contributed by atoms with Crippen molar-refractivity contribution >= 4 is 11.4 Å². The van der Waals surface area contributed by atoms with Crippen molar-refractivity contribution in [2.45, 2.75) is 25.9 Å². The quantitative estimate of drug-likeness (QED) is 0.562. The minimum Gasteiger partial charge on any atom is -0.375 e. The fourth-order valence-corrected chi connectivity index (χ4v) is 1.99. The van der Waals surface area contributed by atoms with Gasteiger partial charge in [0.15, 0.2) is 0 Å². The van der Waals surface area contributed by atoms with Crippen LogP contribution in [0.3, 0.4) is 0 Å². The fourth-order valence-electron chi connectivity index (χ4n) is 1.99. The average molecular weight is 221 g/mol. The number of fused-ring (bicyclic) bond motifs is 1. The second-order valence-electron chi connectivity index (χ2n) is 4.17. The van der Waals surface area contributed by atoms with Crippen LogP contribution >= 0.6 is 0 Å². The van der Waals surface area contributed by atoms with Gasteiger partial charge in [-0.15, -0.1) is 0 Å². The van der Waals surface area contributed by atoms with E-state index in [2.05, 4.69) is 10.6 Å². The van der Waals surface area contributed by atoms with Gasteiger partial charge in [-0.1, -0.05) is 12.1 Å². The molecular weight excluding hydrogens is 206 g/mol. The summed E-state index contributed by atoms with van der Waals surface area (Å²) in [6.07, 6.45) is 0. The van der Waals surface area contributed by atoms with E-state index in [1.807, 2.05) is 19.9 Å². The van der Waals surface area contributed by atoms with Crippen molar-refractivity contribution in [1.82, 2.24) is 5.32 Å². The van der Waals surface area contributed by atoms with Crippen LogP contribution in [0.25, 0.3) is 0 Å². The van der Waals surface area contributed by atoms with Crippen LogP contribution in [0.1, 0.15) is 25.5 Å². The first kappa shape index (κ1) is 10.9. The lowest BCUT2D eigenvalue weighted by Crippen LogP contribution is -2.28. The Kier molecular flexibility index (Phi) is 2.78. The highest BCUT2D eigenvalue weighted by atomic mass is 16.6. The molecule has 0 bridgehead atoms. The van der Waals surface area contributed by atoms with E-state index < -0.39 is 0 Å². The maximum Gasteiger partial charge on any atom is 0.292 e. The number of nitrogens with zero attached hydrogens (tertiary/aromatic N) is 1. The van der Waals surface area contributed by atoms with Gasteiger partial charge in [0.1, 0.15) is 5.69 Å². The molecule has 0 saturated heterocycles. The van der Waals surface area contributed by atoms with E-state index in [1.165, 1.54) is 6.07 Å². The number of anilines is 1. The van der Waals surface area contributed by atoms with Gasteiger partial charge in [-0.2, -0.15) is 0 Å². The topological polar surface area (TPSA) is 67.2 Å². The lowest BCUT2D eigenvalue weighted by Gasteiger charge is -2.13. The molecule has 2 rings (SSSR count). The van der Waals surface area contributed by atoms with Gasteiger partial charge in [0.25, 0.3) is 5.69 Å². The molecule has 86 valence electrons. The molecule has 0 radical (unpaired) electrons. The van der Waals surface area contributed by atoms with Crippen molar-refractivity contribution in [3.63, 3.8) is 0 Å². The normalized spacial score (nSPS) is 24.1. The molecule has 0 unspecified atom stereocenters. The number of hydrogen-bond acceptors (Lipinski definition) is 4. The van der Waals surface area contributed by atoms with Gasteiger partial charge < -0.3 is 10.6 Å².